The normalized spacial score (nSPS) is 21.9. The fourth-order valence-electron chi connectivity index (χ4n) is 4.56. The Hall–Kier alpha value is -2.25. The molecular weight excluding hydrogens is 523 g/mol. The van der Waals surface area contributed by atoms with Crippen LogP contribution in [0, 0.1) is 5.92 Å². The van der Waals surface area contributed by atoms with Crippen LogP contribution in [0.1, 0.15) is 81.1 Å². The zero-order valence-electron chi connectivity index (χ0n) is 24.4. The van der Waals surface area contributed by atoms with Gasteiger partial charge in [-0.15, -0.1) is 0 Å². The van der Waals surface area contributed by atoms with E-state index in [2.05, 4.69) is 15.3 Å². The van der Waals surface area contributed by atoms with Crippen molar-refractivity contribution in [2.24, 2.45) is 5.92 Å². The van der Waals surface area contributed by atoms with Crippen molar-refractivity contribution < 1.29 is 32.1 Å². The lowest BCUT2D eigenvalue weighted by Crippen LogP contribution is -2.50. The van der Waals surface area contributed by atoms with Gasteiger partial charge in [-0.3, -0.25) is 4.79 Å². The van der Waals surface area contributed by atoms with Crippen LogP contribution >= 0.6 is 0 Å². The zero-order valence-corrected chi connectivity index (χ0v) is 25.3. The Bertz CT molecular complexity index is 1120. The van der Waals surface area contributed by atoms with E-state index in [1.54, 1.807) is 32.6 Å². The molecular formula is C26H43BN4O7S. The van der Waals surface area contributed by atoms with E-state index in [0.29, 0.717) is 31.4 Å². The molecule has 1 aromatic rings. The number of hydrogen-bond acceptors (Lipinski definition) is 9. The zero-order chi connectivity index (χ0) is 29.2. The van der Waals surface area contributed by atoms with Crippen molar-refractivity contribution in [2.75, 3.05) is 18.8 Å². The molecule has 0 spiro atoms. The molecule has 2 atom stereocenters. The maximum absolute atomic E-state index is 12.9. The minimum absolute atomic E-state index is 0.0795. The molecule has 0 bridgehead atoms. The van der Waals surface area contributed by atoms with Crippen LogP contribution in [0.25, 0.3) is 0 Å². The summed E-state index contributed by atoms with van der Waals surface area (Å²) in [7, 11) is -4.33. The molecule has 0 unspecified atom stereocenters. The first-order valence-corrected chi connectivity index (χ1v) is 15.2. The number of alkyl carbamates (subject to hydrolysis) is 1. The van der Waals surface area contributed by atoms with Crippen LogP contribution in [0.5, 0.6) is 0 Å². The number of likely N-dealkylation sites (tertiary alicyclic amines) is 1. The van der Waals surface area contributed by atoms with E-state index in [1.807, 2.05) is 27.7 Å². The second-order valence-electron chi connectivity index (χ2n) is 12.5. The number of nitrogens with zero attached hydrogens (tertiary/aromatic N) is 3. The van der Waals surface area contributed by atoms with E-state index < -0.39 is 45.9 Å². The molecule has 218 valence electrons. The number of amides is 2. The van der Waals surface area contributed by atoms with Crippen molar-refractivity contribution in [3.63, 3.8) is 0 Å². The lowest BCUT2D eigenvalue weighted by atomic mass is 9.81. The molecule has 11 nitrogen and oxygen atoms in total. The summed E-state index contributed by atoms with van der Waals surface area (Å²) in [6, 6.07) is -0.712. The van der Waals surface area contributed by atoms with E-state index in [0.717, 1.165) is 12.8 Å². The number of hydrogen-bond donors (Lipinski definition) is 1. The number of sulfone groups is 1. The molecule has 2 aliphatic heterocycles. The summed E-state index contributed by atoms with van der Waals surface area (Å²) in [5.74, 6) is -0.0730. The van der Waals surface area contributed by atoms with Crippen molar-refractivity contribution in [1.82, 2.24) is 20.2 Å². The third-order valence-corrected chi connectivity index (χ3v) is 9.00. The van der Waals surface area contributed by atoms with Crippen LogP contribution in [0.3, 0.4) is 0 Å². The van der Waals surface area contributed by atoms with Crippen LogP contribution in [-0.4, -0.2) is 84.1 Å². The predicted octanol–water partition coefficient (Wildman–Crippen LogP) is 2.48. The molecule has 39 heavy (non-hydrogen) atoms. The van der Waals surface area contributed by atoms with Gasteiger partial charge >= 0.3 is 13.2 Å². The van der Waals surface area contributed by atoms with Gasteiger partial charge in [0.2, 0.25) is 20.9 Å². The second-order valence-corrected chi connectivity index (χ2v) is 14.5. The summed E-state index contributed by atoms with van der Waals surface area (Å²) < 4.78 is 42.9. The topological polar surface area (TPSA) is 137 Å². The largest absolute Gasteiger partial charge is 0.498 e. The van der Waals surface area contributed by atoms with E-state index in [-0.39, 0.29) is 22.7 Å². The summed E-state index contributed by atoms with van der Waals surface area (Å²) in [6.07, 6.45) is 5.08. The van der Waals surface area contributed by atoms with E-state index >= 15 is 0 Å². The Morgan fingerprint density at radius 2 is 1.77 bits per heavy atom. The Kier molecular flexibility index (Phi) is 9.39. The predicted molar refractivity (Wildman–Crippen MR) is 147 cm³/mol. The highest BCUT2D eigenvalue weighted by atomic mass is 32.2. The fraction of sp³-hybridized carbons (Fsp3) is 0.769. The summed E-state index contributed by atoms with van der Waals surface area (Å²) in [4.78, 5) is 34.8. The molecule has 2 amide bonds. The maximum atomic E-state index is 12.9. The first kappa shape index (κ1) is 31.3. The second kappa shape index (κ2) is 11.7. The third-order valence-electron chi connectivity index (χ3n) is 7.41. The Balaban J connectivity index is 1.49. The summed E-state index contributed by atoms with van der Waals surface area (Å²) in [5, 5.41) is 2.38. The molecule has 0 saturated carbocycles. The minimum Gasteiger partial charge on any atom is -0.444 e. The first-order valence-electron chi connectivity index (χ1n) is 13.6. The van der Waals surface area contributed by atoms with E-state index in [1.165, 1.54) is 12.4 Å². The highest BCUT2D eigenvalue weighted by molar-refractivity contribution is 7.91. The highest BCUT2D eigenvalue weighted by Gasteiger charge is 2.52. The van der Waals surface area contributed by atoms with Gasteiger partial charge in [0.05, 0.1) is 17.0 Å². The monoisotopic (exact) mass is 566 g/mol. The molecule has 3 rings (SSSR count). The van der Waals surface area contributed by atoms with Crippen LogP contribution in [0.4, 0.5) is 4.79 Å². The minimum atomic E-state index is -3.66. The van der Waals surface area contributed by atoms with Gasteiger partial charge in [0, 0.05) is 30.9 Å². The van der Waals surface area contributed by atoms with Gasteiger partial charge in [-0.2, -0.15) is 0 Å². The molecule has 0 aliphatic carbocycles. The average molecular weight is 567 g/mol. The molecule has 2 aliphatic rings. The van der Waals surface area contributed by atoms with E-state index in [9.17, 15) is 18.0 Å². The van der Waals surface area contributed by atoms with Crippen LogP contribution in [-0.2, 0) is 28.7 Å². The summed E-state index contributed by atoms with van der Waals surface area (Å²) in [5.41, 5.74) is -1.12. The Labute approximate surface area is 232 Å². The molecule has 0 aromatic carbocycles. The Morgan fingerprint density at radius 1 is 1.18 bits per heavy atom. The quantitative estimate of drug-likeness (QED) is 0.372. The molecule has 0 radical (unpaired) electrons. The SMILES string of the molecule is C[C@@H](NC(=O)OC(C)(C)C)C(=O)N1CCC[C@@H](CCCS(=O)(=O)c2ncc(B3OC(C)(C)C(C)(C)O3)cn2)C1. The standard InChI is InChI=1S/C26H43BN4O7S/c1-18(30-23(33)36-24(2,3)4)21(32)31-13-9-11-19(17-31)12-10-14-39(34,35)22-28-15-20(16-29-22)27-37-25(5,6)26(7,8)38-27/h15-16,18-19H,9-14,17H2,1-8H3,(H,30,33)/t18-,19+/m1/s1. The highest BCUT2D eigenvalue weighted by Crippen LogP contribution is 2.36. The fourth-order valence-corrected chi connectivity index (χ4v) is 5.72. The molecule has 2 saturated heterocycles. The molecule has 3 heterocycles. The van der Waals surface area contributed by atoms with Crippen LogP contribution < -0.4 is 10.8 Å². The van der Waals surface area contributed by atoms with Crippen molar-refractivity contribution in [2.45, 2.75) is 109 Å². The smallest absolute Gasteiger partial charge is 0.444 e. The number of nitrogens with one attached hydrogen (secondary N) is 1. The summed E-state index contributed by atoms with van der Waals surface area (Å²) in [6.45, 7) is 15.8. The van der Waals surface area contributed by atoms with Gasteiger partial charge in [0.1, 0.15) is 11.6 Å². The number of carbonyl (C=O) groups is 2. The van der Waals surface area contributed by atoms with Crippen molar-refractivity contribution in [3.8, 4) is 0 Å². The number of carbonyl (C=O) groups excluding carboxylic acids is 2. The molecule has 13 heteroatoms. The Morgan fingerprint density at radius 3 is 2.33 bits per heavy atom. The van der Waals surface area contributed by atoms with Crippen molar-refractivity contribution in [1.29, 1.82) is 0 Å². The van der Waals surface area contributed by atoms with Gasteiger partial charge in [0.25, 0.3) is 0 Å². The maximum Gasteiger partial charge on any atom is 0.498 e. The van der Waals surface area contributed by atoms with Crippen molar-refractivity contribution >= 4 is 34.4 Å². The summed E-state index contributed by atoms with van der Waals surface area (Å²) >= 11 is 0. The van der Waals surface area contributed by atoms with Crippen molar-refractivity contribution in [3.05, 3.63) is 12.4 Å². The van der Waals surface area contributed by atoms with Gasteiger partial charge in [-0.05, 0) is 87.0 Å². The van der Waals surface area contributed by atoms with Gasteiger partial charge < -0.3 is 24.3 Å². The average Bonchev–Trinajstić information content (AvgIpc) is 3.04. The number of rotatable bonds is 8. The van der Waals surface area contributed by atoms with Gasteiger partial charge in [-0.1, -0.05) is 0 Å². The third kappa shape index (κ3) is 8.14. The molecule has 1 N–H and O–H groups in total. The number of piperidine rings is 1. The number of ether oxygens (including phenoxy) is 1. The van der Waals surface area contributed by atoms with Gasteiger partial charge in [0.15, 0.2) is 0 Å². The van der Waals surface area contributed by atoms with E-state index in [4.69, 9.17) is 14.0 Å². The molecule has 2 fully saturated rings. The van der Waals surface area contributed by atoms with Crippen LogP contribution in [0.2, 0.25) is 0 Å². The number of aromatic nitrogens is 2. The lowest BCUT2D eigenvalue weighted by molar-refractivity contribution is -0.134. The molecule has 1 aromatic heterocycles. The van der Waals surface area contributed by atoms with Gasteiger partial charge in [-0.25, -0.2) is 23.2 Å². The van der Waals surface area contributed by atoms with Crippen LogP contribution in [0.15, 0.2) is 17.6 Å². The first-order chi connectivity index (χ1) is 17.9. The lowest BCUT2D eigenvalue weighted by Gasteiger charge is -2.34.